The van der Waals surface area contributed by atoms with Gasteiger partial charge in [-0.15, -0.1) is 0 Å². The highest BCUT2D eigenvalue weighted by Crippen LogP contribution is 2.24. The normalized spacial score (nSPS) is 10.5. The molecule has 1 heterocycles. The van der Waals surface area contributed by atoms with Crippen molar-refractivity contribution < 1.29 is 9.13 Å². The molecule has 0 spiro atoms. The molecular weight excluding hydrogens is 243 g/mol. The first-order valence-corrected chi connectivity index (χ1v) is 6.42. The molecule has 1 aromatic heterocycles. The highest BCUT2D eigenvalue weighted by atomic mass is 19.1. The Balaban J connectivity index is 2.16. The third kappa shape index (κ3) is 3.50. The SMILES string of the molecule is CCCCOc1ccc(-c2cnc(C)cn2)cc1F. The van der Waals surface area contributed by atoms with E-state index < -0.39 is 0 Å². The Morgan fingerprint density at radius 2 is 2.05 bits per heavy atom. The molecule has 100 valence electrons. The minimum absolute atomic E-state index is 0.289. The lowest BCUT2D eigenvalue weighted by Crippen LogP contribution is -1.99. The van der Waals surface area contributed by atoms with E-state index in [0.717, 1.165) is 18.5 Å². The minimum atomic E-state index is -0.365. The molecule has 19 heavy (non-hydrogen) atoms. The van der Waals surface area contributed by atoms with Gasteiger partial charge in [-0.25, -0.2) is 4.39 Å². The lowest BCUT2D eigenvalue weighted by atomic mass is 10.1. The van der Waals surface area contributed by atoms with Gasteiger partial charge in [0.05, 0.1) is 24.2 Å². The molecule has 3 nitrogen and oxygen atoms in total. The number of hydrogen-bond donors (Lipinski definition) is 0. The first-order valence-electron chi connectivity index (χ1n) is 6.42. The Bertz CT molecular complexity index is 540. The molecule has 0 aliphatic rings. The Hall–Kier alpha value is -1.97. The van der Waals surface area contributed by atoms with Crippen LogP contribution < -0.4 is 4.74 Å². The zero-order valence-corrected chi connectivity index (χ0v) is 11.2. The number of rotatable bonds is 5. The molecule has 0 saturated heterocycles. The molecule has 0 amide bonds. The van der Waals surface area contributed by atoms with Gasteiger partial charge in [-0.1, -0.05) is 13.3 Å². The quantitative estimate of drug-likeness (QED) is 0.767. The van der Waals surface area contributed by atoms with Crippen LogP contribution in [0, 0.1) is 12.7 Å². The molecular formula is C15H17FN2O. The van der Waals surface area contributed by atoms with Crippen molar-refractivity contribution in [1.29, 1.82) is 0 Å². The molecule has 0 atom stereocenters. The molecule has 2 aromatic rings. The summed E-state index contributed by atoms with van der Waals surface area (Å²) in [5.41, 5.74) is 2.20. The van der Waals surface area contributed by atoms with Crippen molar-refractivity contribution in [1.82, 2.24) is 9.97 Å². The highest BCUT2D eigenvalue weighted by Gasteiger charge is 2.07. The number of benzene rings is 1. The summed E-state index contributed by atoms with van der Waals surface area (Å²) in [6, 6.07) is 4.87. The van der Waals surface area contributed by atoms with Gasteiger partial charge in [-0.3, -0.25) is 9.97 Å². The summed E-state index contributed by atoms with van der Waals surface area (Å²) in [5.74, 6) is -0.0757. The van der Waals surface area contributed by atoms with Crippen molar-refractivity contribution in [3.63, 3.8) is 0 Å². The van der Waals surface area contributed by atoms with Crippen LogP contribution in [0.1, 0.15) is 25.5 Å². The fourth-order valence-electron chi connectivity index (χ4n) is 1.65. The van der Waals surface area contributed by atoms with E-state index in [9.17, 15) is 4.39 Å². The van der Waals surface area contributed by atoms with E-state index in [1.165, 1.54) is 6.07 Å². The molecule has 0 N–H and O–H groups in total. The van der Waals surface area contributed by atoms with Gasteiger partial charge >= 0.3 is 0 Å². The van der Waals surface area contributed by atoms with Crippen LogP contribution in [-0.4, -0.2) is 16.6 Å². The summed E-state index contributed by atoms with van der Waals surface area (Å²) in [7, 11) is 0. The second-order valence-corrected chi connectivity index (χ2v) is 4.39. The van der Waals surface area contributed by atoms with E-state index in [-0.39, 0.29) is 11.6 Å². The first-order chi connectivity index (χ1) is 9.20. The topological polar surface area (TPSA) is 35.0 Å². The second-order valence-electron chi connectivity index (χ2n) is 4.39. The molecule has 0 bridgehead atoms. The van der Waals surface area contributed by atoms with Crippen LogP contribution in [0.15, 0.2) is 30.6 Å². The predicted octanol–water partition coefficient (Wildman–Crippen LogP) is 3.77. The highest BCUT2D eigenvalue weighted by molar-refractivity contribution is 5.59. The summed E-state index contributed by atoms with van der Waals surface area (Å²) in [4.78, 5) is 8.38. The molecule has 0 aliphatic heterocycles. The van der Waals surface area contributed by atoms with Crippen LogP contribution >= 0.6 is 0 Å². The monoisotopic (exact) mass is 260 g/mol. The molecule has 0 fully saturated rings. The molecule has 1 aromatic carbocycles. The Labute approximate surface area is 112 Å². The molecule has 0 saturated carbocycles. The van der Waals surface area contributed by atoms with Crippen LogP contribution in [-0.2, 0) is 0 Å². The van der Waals surface area contributed by atoms with Crippen molar-refractivity contribution in [2.24, 2.45) is 0 Å². The lowest BCUT2D eigenvalue weighted by molar-refractivity contribution is 0.294. The van der Waals surface area contributed by atoms with E-state index in [2.05, 4.69) is 16.9 Å². The van der Waals surface area contributed by atoms with Crippen molar-refractivity contribution in [3.8, 4) is 17.0 Å². The Morgan fingerprint density at radius 3 is 2.68 bits per heavy atom. The predicted molar refractivity (Wildman–Crippen MR) is 72.6 cm³/mol. The van der Waals surface area contributed by atoms with Gasteiger partial charge in [0.15, 0.2) is 11.6 Å². The number of aromatic nitrogens is 2. The number of nitrogens with zero attached hydrogens (tertiary/aromatic N) is 2. The van der Waals surface area contributed by atoms with Gasteiger partial charge in [0.1, 0.15) is 0 Å². The summed E-state index contributed by atoms with van der Waals surface area (Å²) in [5, 5.41) is 0. The zero-order valence-electron chi connectivity index (χ0n) is 11.2. The van der Waals surface area contributed by atoms with Crippen LogP contribution in [0.25, 0.3) is 11.3 Å². The minimum Gasteiger partial charge on any atom is -0.491 e. The van der Waals surface area contributed by atoms with Gasteiger partial charge in [0.25, 0.3) is 0 Å². The Kier molecular flexibility index (Phi) is 4.44. The third-order valence-electron chi connectivity index (χ3n) is 2.76. The average molecular weight is 260 g/mol. The fourth-order valence-corrected chi connectivity index (χ4v) is 1.65. The molecule has 0 aliphatic carbocycles. The standard InChI is InChI=1S/C15H17FN2O/c1-3-4-7-19-15-6-5-12(8-13(15)16)14-10-17-11(2)9-18-14/h5-6,8-10H,3-4,7H2,1-2H3. The number of unbranched alkanes of at least 4 members (excludes halogenated alkanes) is 1. The number of halogens is 1. The van der Waals surface area contributed by atoms with Crippen LogP contribution in [0.2, 0.25) is 0 Å². The van der Waals surface area contributed by atoms with Gasteiger partial charge in [0.2, 0.25) is 0 Å². The molecule has 2 rings (SSSR count). The molecule has 0 radical (unpaired) electrons. The maximum Gasteiger partial charge on any atom is 0.165 e. The average Bonchev–Trinajstić information content (AvgIpc) is 2.42. The number of aryl methyl sites for hydroxylation is 1. The van der Waals surface area contributed by atoms with Crippen molar-refractivity contribution in [3.05, 3.63) is 42.1 Å². The lowest BCUT2D eigenvalue weighted by Gasteiger charge is -2.08. The fraction of sp³-hybridized carbons (Fsp3) is 0.333. The van der Waals surface area contributed by atoms with Crippen LogP contribution in [0.3, 0.4) is 0 Å². The van der Waals surface area contributed by atoms with Gasteiger partial charge in [-0.05, 0) is 31.5 Å². The first kappa shape index (κ1) is 13.5. The maximum absolute atomic E-state index is 13.9. The summed E-state index contributed by atoms with van der Waals surface area (Å²) >= 11 is 0. The summed E-state index contributed by atoms with van der Waals surface area (Å²) in [6.45, 7) is 4.47. The summed E-state index contributed by atoms with van der Waals surface area (Å²) in [6.07, 6.45) is 5.25. The van der Waals surface area contributed by atoms with Gasteiger partial charge in [0, 0.05) is 11.8 Å². The van der Waals surface area contributed by atoms with Crippen LogP contribution in [0.4, 0.5) is 4.39 Å². The number of ether oxygens (including phenoxy) is 1. The molecule has 0 unspecified atom stereocenters. The van der Waals surface area contributed by atoms with E-state index in [0.29, 0.717) is 17.9 Å². The van der Waals surface area contributed by atoms with Crippen molar-refractivity contribution in [2.75, 3.05) is 6.61 Å². The number of hydrogen-bond acceptors (Lipinski definition) is 3. The Morgan fingerprint density at radius 1 is 1.21 bits per heavy atom. The zero-order chi connectivity index (χ0) is 13.7. The largest absolute Gasteiger partial charge is 0.491 e. The van der Waals surface area contributed by atoms with Crippen molar-refractivity contribution >= 4 is 0 Å². The van der Waals surface area contributed by atoms with Crippen LogP contribution in [0.5, 0.6) is 5.75 Å². The van der Waals surface area contributed by atoms with E-state index in [1.54, 1.807) is 24.5 Å². The van der Waals surface area contributed by atoms with Gasteiger partial charge < -0.3 is 4.74 Å². The van der Waals surface area contributed by atoms with Crippen molar-refractivity contribution in [2.45, 2.75) is 26.7 Å². The third-order valence-corrected chi connectivity index (χ3v) is 2.76. The maximum atomic E-state index is 13.9. The van der Waals surface area contributed by atoms with E-state index >= 15 is 0 Å². The van der Waals surface area contributed by atoms with E-state index in [4.69, 9.17) is 4.74 Å². The summed E-state index contributed by atoms with van der Waals surface area (Å²) < 4.78 is 19.2. The van der Waals surface area contributed by atoms with E-state index in [1.807, 2.05) is 6.92 Å². The van der Waals surface area contributed by atoms with Gasteiger partial charge in [-0.2, -0.15) is 0 Å². The molecule has 4 heteroatoms. The smallest absolute Gasteiger partial charge is 0.165 e. The second kappa shape index (κ2) is 6.27.